The Bertz CT molecular complexity index is 907. The second-order valence-corrected chi connectivity index (χ2v) is 10.6. The molecule has 2 heterocycles. The van der Waals surface area contributed by atoms with Crippen LogP contribution in [0.5, 0.6) is 0 Å². The second kappa shape index (κ2) is 11.3. The Hall–Kier alpha value is -2.49. The molecule has 0 spiro atoms. The van der Waals surface area contributed by atoms with E-state index >= 15 is 0 Å². The number of hydrogen-bond acceptors (Lipinski definition) is 7. The number of aromatic nitrogens is 1. The molecule has 1 aliphatic heterocycles. The number of amides is 4. The van der Waals surface area contributed by atoms with Crippen LogP contribution in [0.25, 0.3) is 0 Å². The van der Waals surface area contributed by atoms with E-state index < -0.39 is 30.0 Å². The highest BCUT2D eigenvalue weighted by Gasteiger charge is 2.46. The summed E-state index contributed by atoms with van der Waals surface area (Å²) in [5, 5.41) is 7.33. The quantitative estimate of drug-likeness (QED) is 0.418. The first-order chi connectivity index (χ1) is 16.5. The Morgan fingerprint density at radius 2 is 1.76 bits per heavy atom. The summed E-state index contributed by atoms with van der Waals surface area (Å²) in [6.07, 6.45) is 12.1. The molecule has 0 unspecified atom stereocenters. The lowest BCUT2D eigenvalue weighted by molar-refractivity contribution is -0.134. The number of ether oxygens (including phenoxy) is 1. The van der Waals surface area contributed by atoms with E-state index in [1.807, 2.05) is 0 Å². The van der Waals surface area contributed by atoms with Crippen LogP contribution in [0.4, 0.5) is 9.93 Å². The van der Waals surface area contributed by atoms with Gasteiger partial charge in [0.25, 0.3) is 5.91 Å². The second-order valence-electron chi connectivity index (χ2n) is 9.72. The molecule has 0 radical (unpaired) electrons. The summed E-state index contributed by atoms with van der Waals surface area (Å²) in [4.78, 5) is 56.6. The molecule has 1 aromatic rings. The smallest absolute Gasteiger partial charge is 0.357 e. The zero-order valence-corrected chi connectivity index (χ0v) is 20.5. The molecule has 186 valence electrons. The van der Waals surface area contributed by atoms with Gasteiger partial charge in [-0.3, -0.25) is 9.59 Å². The van der Waals surface area contributed by atoms with Gasteiger partial charge in [0.15, 0.2) is 10.8 Å². The normalized spacial score (nSPS) is 23.0. The van der Waals surface area contributed by atoms with Crippen molar-refractivity contribution in [2.45, 2.75) is 89.1 Å². The molecular formula is C24H34N4O5S. The average Bonchev–Trinajstić information content (AvgIpc) is 3.42. The Kier molecular flexibility index (Phi) is 8.18. The van der Waals surface area contributed by atoms with E-state index in [2.05, 4.69) is 20.4 Å². The number of nitrogens with zero attached hydrogens (tertiary/aromatic N) is 2. The standard InChI is InChI=1S/C24H34N4O5S/c1-33-22(31)18-14-34-23(25-18)27-20(29)19(13-16-10-6-3-7-11-16)28-21(30)17(26-24(28)32)12-15-8-4-2-5-9-15/h14-17,19H,2-13H2,1H3,(H,26,32)(H,25,27,29)/t17-,19-/m0/s1. The summed E-state index contributed by atoms with van der Waals surface area (Å²) in [5.41, 5.74) is 0.106. The maximum Gasteiger partial charge on any atom is 0.357 e. The number of carbonyl (C=O) groups excluding carboxylic acids is 4. The van der Waals surface area contributed by atoms with Crippen molar-refractivity contribution in [1.82, 2.24) is 15.2 Å². The fraction of sp³-hybridized carbons (Fsp3) is 0.708. The molecule has 3 fully saturated rings. The van der Waals surface area contributed by atoms with Gasteiger partial charge in [-0.05, 0) is 24.7 Å². The highest BCUT2D eigenvalue weighted by molar-refractivity contribution is 7.14. The molecule has 3 aliphatic rings. The molecule has 2 N–H and O–H groups in total. The van der Waals surface area contributed by atoms with Crippen molar-refractivity contribution in [2.24, 2.45) is 11.8 Å². The molecule has 10 heteroatoms. The number of nitrogens with one attached hydrogen (secondary N) is 2. The highest BCUT2D eigenvalue weighted by Crippen LogP contribution is 2.32. The summed E-state index contributed by atoms with van der Waals surface area (Å²) in [7, 11) is 1.27. The van der Waals surface area contributed by atoms with Gasteiger partial charge in [-0.1, -0.05) is 64.2 Å². The number of imide groups is 1. The molecule has 2 atom stereocenters. The zero-order chi connectivity index (χ0) is 24.1. The SMILES string of the molecule is COC(=O)c1csc(NC(=O)[C@H](CC2CCCCC2)N2C(=O)N[C@@H](CC3CCCCC3)C2=O)n1. The fourth-order valence-electron chi connectivity index (χ4n) is 5.55. The Balaban J connectivity index is 1.49. The minimum Gasteiger partial charge on any atom is -0.464 e. The van der Waals surface area contributed by atoms with E-state index in [9.17, 15) is 19.2 Å². The molecule has 0 aromatic carbocycles. The average molecular weight is 491 g/mol. The molecule has 2 saturated carbocycles. The first kappa shape index (κ1) is 24.6. The largest absolute Gasteiger partial charge is 0.464 e. The maximum absolute atomic E-state index is 13.4. The van der Waals surface area contributed by atoms with E-state index in [4.69, 9.17) is 0 Å². The Morgan fingerprint density at radius 3 is 2.41 bits per heavy atom. The van der Waals surface area contributed by atoms with Crippen LogP contribution in [-0.4, -0.2) is 52.9 Å². The van der Waals surface area contributed by atoms with E-state index in [0.717, 1.165) is 67.6 Å². The van der Waals surface area contributed by atoms with Crippen LogP contribution < -0.4 is 10.6 Å². The van der Waals surface area contributed by atoms with Crippen molar-refractivity contribution in [3.63, 3.8) is 0 Å². The lowest BCUT2D eigenvalue weighted by Crippen LogP contribution is -2.49. The van der Waals surface area contributed by atoms with Gasteiger partial charge in [0, 0.05) is 5.38 Å². The fourth-order valence-corrected chi connectivity index (χ4v) is 6.23. The summed E-state index contributed by atoms with van der Waals surface area (Å²) >= 11 is 1.11. The first-order valence-electron chi connectivity index (χ1n) is 12.4. The number of urea groups is 1. The number of esters is 1. The van der Waals surface area contributed by atoms with Crippen molar-refractivity contribution in [3.05, 3.63) is 11.1 Å². The number of carbonyl (C=O) groups is 4. The van der Waals surface area contributed by atoms with Crippen LogP contribution in [0.15, 0.2) is 5.38 Å². The number of hydrogen-bond donors (Lipinski definition) is 2. The van der Waals surface area contributed by atoms with Gasteiger partial charge in [-0.15, -0.1) is 11.3 Å². The van der Waals surface area contributed by atoms with E-state index in [-0.39, 0.29) is 22.7 Å². The van der Waals surface area contributed by atoms with Gasteiger partial charge in [0.2, 0.25) is 5.91 Å². The highest BCUT2D eigenvalue weighted by atomic mass is 32.1. The first-order valence-corrected chi connectivity index (χ1v) is 13.3. The number of methoxy groups -OCH3 is 1. The van der Waals surface area contributed by atoms with Crippen molar-refractivity contribution in [2.75, 3.05) is 12.4 Å². The molecule has 1 aromatic heterocycles. The zero-order valence-electron chi connectivity index (χ0n) is 19.7. The van der Waals surface area contributed by atoms with Crippen LogP contribution in [0.1, 0.15) is 87.5 Å². The van der Waals surface area contributed by atoms with Crippen LogP contribution in [0.2, 0.25) is 0 Å². The molecule has 9 nitrogen and oxygen atoms in total. The lowest BCUT2D eigenvalue weighted by atomic mass is 9.83. The van der Waals surface area contributed by atoms with E-state index in [1.165, 1.54) is 25.3 Å². The van der Waals surface area contributed by atoms with Crippen LogP contribution in [-0.2, 0) is 14.3 Å². The summed E-state index contributed by atoms with van der Waals surface area (Å²) < 4.78 is 4.67. The van der Waals surface area contributed by atoms with Gasteiger partial charge in [0.05, 0.1) is 7.11 Å². The van der Waals surface area contributed by atoms with Crippen molar-refractivity contribution < 1.29 is 23.9 Å². The molecule has 2 aliphatic carbocycles. The Labute approximate surface area is 204 Å². The van der Waals surface area contributed by atoms with Gasteiger partial charge < -0.3 is 15.4 Å². The molecule has 0 bridgehead atoms. The van der Waals surface area contributed by atoms with Crippen LogP contribution >= 0.6 is 11.3 Å². The maximum atomic E-state index is 13.4. The number of rotatable bonds is 8. The minimum absolute atomic E-state index is 0.106. The van der Waals surface area contributed by atoms with Crippen molar-refractivity contribution in [1.29, 1.82) is 0 Å². The van der Waals surface area contributed by atoms with Crippen LogP contribution in [0, 0.1) is 11.8 Å². The third-order valence-electron chi connectivity index (χ3n) is 7.37. The molecular weight excluding hydrogens is 456 g/mol. The predicted molar refractivity (Wildman–Crippen MR) is 127 cm³/mol. The van der Waals surface area contributed by atoms with Gasteiger partial charge >= 0.3 is 12.0 Å². The minimum atomic E-state index is -0.905. The topological polar surface area (TPSA) is 118 Å². The molecule has 34 heavy (non-hydrogen) atoms. The third kappa shape index (κ3) is 5.76. The van der Waals surface area contributed by atoms with E-state index in [0.29, 0.717) is 18.8 Å². The molecule has 4 rings (SSSR count). The molecule has 4 amide bonds. The predicted octanol–water partition coefficient (Wildman–Crippen LogP) is 4.10. The van der Waals surface area contributed by atoms with Gasteiger partial charge in [-0.2, -0.15) is 0 Å². The Morgan fingerprint density at radius 1 is 1.12 bits per heavy atom. The van der Waals surface area contributed by atoms with Crippen LogP contribution in [0.3, 0.4) is 0 Å². The molecule has 1 saturated heterocycles. The summed E-state index contributed by atoms with van der Waals surface area (Å²) in [5.74, 6) is -0.626. The van der Waals surface area contributed by atoms with Crippen molar-refractivity contribution >= 4 is 40.3 Å². The van der Waals surface area contributed by atoms with E-state index in [1.54, 1.807) is 0 Å². The lowest BCUT2D eigenvalue weighted by Gasteiger charge is -2.30. The van der Waals surface area contributed by atoms with Gasteiger partial charge in [-0.25, -0.2) is 19.5 Å². The monoisotopic (exact) mass is 490 g/mol. The summed E-state index contributed by atoms with van der Waals surface area (Å²) in [6.45, 7) is 0. The number of thiazole rings is 1. The number of anilines is 1. The summed E-state index contributed by atoms with van der Waals surface area (Å²) in [6, 6.07) is -1.96. The van der Waals surface area contributed by atoms with Crippen molar-refractivity contribution in [3.8, 4) is 0 Å². The van der Waals surface area contributed by atoms with Gasteiger partial charge in [0.1, 0.15) is 12.1 Å². The third-order valence-corrected chi connectivity index (χ3v) is 8.13.